The number of hydrogen-bond donors (Lipinski definition) is 1. The number of esters is 1. The van der Waals surface area contributed by atoms with Gasteiger partial charge in [-0.15, -0.1) is 0 Å². The first-order chi connectivity index (χ1) is 14.2. The Bertz CT molecular complexity index is 917. The van der Waals surface area contributed by atoms with Gasteiger partial charge in [-0.05, 0) is 54.5 Å². The Morgan fingerprint density at radius 1 is 1.00 bits per heavy atom. The van der Waals surface area contributed by atoms with Gasteiger partial charge in [-0.2, -0.15) is 13.2 Å². The number of anilines is 1. The Morgan fingerprint density at radius 2 is 1.63 bits per heavy atom. The standard InChI is InChI=1S/C22H20F3NO4/c1-2-3-20(28)26-18-11-7-16(8-12-18)19(27)14-30-21(29)13-6-15-4-9-17(10-5-15)22(23,24)25/h4-13H,2-3,14H2,1H3,(H,26,28)/b13-6+. The van der Waals surface area contributed by atoms with Crippen LogP contribution in [0.25, 0.3) is 6.08 Å². The number of amides is 1. The summed E-state index contributed by atoms with van der Waals surface area (Å²) in [6.07, 6.45) is -0.985. The predicted octanol–water partition coefficient (Wildman–Crippen LogP) is 4.88. The number of carbonyl (C=O) groups is 3. The quantitative estimate of drug-likeness (QED) is 0.376. The summed E-state index contributed by atoms with van der Waals surface area (Å²) < 4.78 is 42.4. The fourth-order valence-corrected chi connectivity index (χ4v) is 2.41. The van der Waals surface area contributed by atoms with Gasteiger partial charge in [-0.1, -0.05) is 19.1 Å². The molecule has 0 aliphatic rings. The lowest BCUT2D eigenvalue weighted by molar-refractivity contribution is -0.138. The van der Waals surface area contributed by atoms with Gasteiger partial charge in [0, 0.05) is 23.7 Å². The normalized spacial score (nSPS) is 11.3. The predicted molar refractivity (Wildman–Crippen MR) is 106 cm³/mol. The van der Waals surface area contributed by atoms with Crippen LogP contribution < -0.4 is 5.32 Å². The van der Waals surface area contributed by atoms with Crippen LogP contribution in [0.5, 0.6) is 0 Å². The first-order valence-electron chi connectivity index (χ1n) is 9.14. The molecule has 0 fully saturated rings. The van der Waals surface area contributed by atoms with Crippen molar-refractivity contribution in [3.63, 3.8) is 0 Å². The zero-order valence-electron chi connectivity index (χ0n) is 16.2. The fraction of sp³-hybridized carbons (Fsp3) is 0.227. The van der Waals surface area contributed by atoms with Gasteiger partial charge in [-0.3, -0.25) is 9.59 Å². The van der Waals surface area contributed by atoms with E-state index in [1.165, 1.54) is 30.3 Å². The third kappa shape index (κ3) is 7.20. The van der Waals surface area contributed by atoms with Gasteiger partial charge < -0.3 is 10.1 Å². The van der Waals surface area contributed by atoms with E-state index in [4.69, 9.17) is 4.74 Å². The topological polar surface area (TPSA) is 72.5 Å². The molecule has 2 aromatic carbocycles. The van der Waals surface area contributed by atoms with Crippen molar-refractivity contribution in [3.05, 3.63) is 71.3 Å². The highest BCUT2D eigenvalue weighted by Crippen LogP contribution is 2.29. The minimum atomic E-state index is -4.43. The minimum Gasteiger partial charge on any atom is -0.454 e. The largest absolute Gasteiger partial charge is 0.454 e. The lowest BCUT2D eigenvalue weighted by Crippen LogP contribution is -2.13. The van der Waals surface area contributed by atoms with E-state index in [1.54, 1.807) is 12.1 Å². The van der Waals surface area contributed by atoms with Crippen molar-refractivity contribution in [1.82, 2.24) is 0 Å². The molecule has 0 unspecified atom stereocenters. The molecule has 0 bridgehead atoms. The molecule has 30 heavy (non-hydrogen) atoms. The number of hydrogen-bond acceptors (Lipinski definition) is 4. The van der Waals surface area contributed by atoms with Crippen molar-refractivity contribution in [2.45, 2.75) is 25.9 Å². The summed E-state index contributed by atoms with van der Waals surface area (Å²) in [5, 5.41) is 2.70. The maximum atomic E-state index is 12.5. The molecule has 0 heterocycles. The van der Waals surface area contributed by atoms with Crippen LogP contribution in [-0.4, -0.2) is 24.3 Å². The molecular formula is C22H20F3NO4. The molecule has 1 amide bonds. The fourth-order valence-electron chi connectivity index (χ4n) is 2.41. The van der Waals surface area contributed by atoms with E-state index < -0.39 is 30.1 Å². The smallest absolute Gasteiger partial charge is 0.416 e. The average Bonchev–Trinajstić information content (AvgIpc) is 2.71. The number of rotatable bonds is 8. The maximum absolute atomic E-state index is 12.5. The third-order valence-corrected chi connectivity index (χ3v) is 3.96. The van der Waals surface area contributed by atoms with Crippen LogP contribution in [0, 0.1) is 0 Å². The molecular weight excluding hydrogens is 399 g/mol. The number of alkyl halides is 3. The molecule has 1 N–H and O–H groups in total. The minimum absolute atomic E-state index is 0.120. The van der Waals surface area contributed by atoms with Crippen LogP contribution in [0.3, 0.4) is 0 Å². The van der Waals surface area contributed by atoms with Crippen molar-refractivity contribution in [1.29, 1.82) is 0 Å². The van der Waals surface area contributed by atoms with E-state index in [9.17, 15) is 27.6 Å². The second kappa shape index (κ2) is 10.4. The summed E-state index contributed by atoms with van der Waals surface area (Å²) in [7, 11) is 0. The second-order valence-corrected chi connectivity index (χ2v) is 6.36. The van der Waals surface area contributed by atoms with Gasteiger partial charge in [-0.25, -0.2) is 4.79 Å². The summed E-state index contributed by atoms with van der Waals surface area (Å²) in [4.78, 5) is 35.4. The zero-order chi connectivity index (χ0) is 22.1. The van der Waals surface area contributed by atoms with Crippen LogP contribution in [0.15, 0.2) is 54.6 Å². The summed E-state index contributed by atoms with van der Waals surface area (Å²) in [6, 6.07) is 10.4. The Hall–Kier alpha value is -3.42. The Balaban J connectivity index is 1.84. The molecule has 0 aromatic heterocycles. The van der Waals surface area contributed by atoms with Gasteiger partial charge in [0.15, 0.2) is 12.4 Å². The Labute approximate surface area is 171 Å². The maximum Gasteiger partial charge on any atom is 0.416 e. The van der Waals surface area contributed by atoms with Gasteiger partial charge in [0.05, 0.1) is 5.56 Å². The van der Waals surface area contributed by atoms with E-state index >= 15 is 0 Å². The number of carbonyl (C=O) groups excluding carboxylic acids is 3. The van der Waals surface area contributed by atoms with Gasteiger partial charge in [0.2, 0.25) is 5.91 Å². The van der Waals surface area contributed by atoms with Crippen molar-refractivity contribution in [2.75, 3.05) is 11.9 Å². The van der Waals surface area contributed by atoms with Crippen LogP contribution >= 0.6 is 0 Å². The molecule has 0 saturated heterocycles. The molecule has 2 rings (SSSR count). The Kier molecular flexibility index (Phi) is 7.91. The SMILES string of the molecule is CCCC(=O)Nc1ccc(C(=O)COC(=O)/C=C/c2ccc(C(F)(F)F)cc2)cc1. The van der Waals surface area contributed by atoms with E-state index in [1.807, 2.05) is 6.92 Å². The van der Waals surface area contributed by atoms with E-state index in [2.05, 4.69) is 5.32 Å². The highest BCUT2D eigenvalue weighted by molar-refractivity contribution is 5.99. The molecule has 158 valence electrons. The van der Waals surface area contributed by atoms with Crippen LogP contribution in [0.1, 0.15) is 41.3 Å². The van der Waals surface area contributed by atoms with Gasteiger partial charge in [0.1, 0.15) is 0 Å². The molecule has 0 spiro atoms. The summed E-state index contributed by atoms with van der Waals surface area (Å²) in [6.45, 7) is 1.40. The Morgan fingerprint density at radius 3 is 2.20 bits per heavy atom. The van der Waals surface area contributed by atoms with Gasteiger partial charge in [0.25, 0.3) is 0 Å². The summed E-state index contributed by atoms with van der Waals surface area (Å²) in [5.74, 6) is -1.35. The molecule has 0 atom stereocenters. The van der Waals surface area contributed by atoms with E-state index in [0.29, 0.717) is 23.2 Å². The first kappa shape index (κ1) is 22.9. The van der Waals surface area contributed by atoms with Crippen LogP contribution in [0.4, 0.5) is 18.9 Å². The highest BCUT2D eigenvalue weighted by Gasteiger charge is 2.29. The van der Waals surface area contributed by atoms with E-state index in [0.717, 1.165) is 24.6 Å². The number of ketones is 1. The molecule has 2 aromatic rings. The van der Waals surface area contributed by atoms with Gasteiger partial charge >= 0.3 is 12.1 Å². The lowest BCUT2D eigenvalue weighted by atomic mass is 10.1. The summed E-state index contributed by atoms with van der Waals surface area (Å²) in [5.41, 5.74) is 0.459. The molecule has 0 radical (unpaired) electrons. The average molecular weight is 419 g/mol. The molecule has 0 saturated carbocycles. The van der Waals surface area contributed by atoms with Crippen molar-refractivity contribution < 1.29 is 32.3 Å². The van der Waals surface area contributed by atoms with Crippen molar-refractivity contribution in [2.24, 2.45) is 0 Å². The molecule has 8 heteroatoms. The number of halogens is 3. The third-order valence-electron chi connectivity index (χ3n) is 3.96. The van der Waals surface area contributed by atoms with Crippen LogP contribution in [-0.2, 0) is 20.5 Å². The number of nitrogens with one attached hydrogen (secondary N) is 1. The number of benzene rings is 2. The molecule has 5 nitrogen and oxygen atoms in total. The monoisotopic (exact) mass is 419 g/mol. The molecule has 0 aliphatic carbocycles. The number of Topliss-reactive ketones (excluding diaryl/α,β-unsaturated/α-hetero) is 1. The second-order valence-electron chi connectivity index (χ2n) is 6.36. The first-order valence-corrected chi connectivity index (χ1v) is 9.14. The van der Waals surface area contributed by atoms with Crippen LogP contribution in [0.2, 0.25) is 0 Å². The van der Waals surface area contributed by atoms with Crippen molar-refractivity contribution in [3.8, 4) is 0 Å². The lowest BCUT2D eigenvalue weighted by Gasteiger charge is -2.06. The summed E-state index contributed by atoms with van der Waals surface area (Å²) >= 11 is 0. The molecule has 0 aliphatic heterocycles. The zero-order valence-corrected chi connectivity index (χ0v) is 16.2. The number of ether oxygens (including phenoxy) is 1. The van der Waals surface area contributed by atoms with Crippen molar-refractivity contribution >= 4 is 29.4 Å². The highest BCUT2D eigenvalue weighted by atomic mass is 19.4. The van der Waals surface area contributed by atoms with E-state index in [-0.39, 0.29) is 5.91 Å².